The van der Waals surface area contributed by atoms with Crippen molar-refractivity contribution in [1.82, 2.24) is 59.8 Å². The Morgan fingerprint density at radius 2 is 0.392 bits per heavy atom. The SMILES string of the molecule is C.C.C.C.CC.CC.CC.CC.CC.CC.CC.CC.CC.CC.Cc1ccc(-c2nc3ccc(-c4ccc5nc(C)[nH]c5c4)cc3[nH]2)cc1.Cc1ccc(-c2nc3ccc(-c4ccc5nc(C)[nH]c5c4)cc3[nH]2)cc1.Cc1cccc(-c2nc3ccc(-c4ccc5nc(C)[nH]c5c4)cc3[nH]2)c1. The second-order valence-electron chi connectivity index (χ2n) is 20.2. The highest BCUT2D eigenvalue weighted by Gasteiger charge is 2.13. The third-order valence-electron chi connectivity index (χ3n) is 14.2. The first-order chi connectivity index (χ1) is 48.0. The Balaban J connectivity index is 0. The molecule has 0 radical (unpaired) electrons. The molecular formula is C90H130N12. The van der Waals surface area contributed by atoms with Crippen LogP contribution in [0, 0.1) is 41.5 Å². The van der Waals surface area contributed by atoms with Crippen LogP contribution >= 0.6 is 0 Å². The number of imidazole rings is 6. The van der Waals surface area contributed by atoms with Gasteiger partial charge in [0.15, 0.2) is 0 Å². The first kappa shape index (κ1) is 93.9. The van der Waals surface area contributed by atoms with Crippen LogP contribution in [-0.2, 0) is 0 Å². The summed E-state index contributed by atoms with van der Waals surface area (Å²) in [4.78, 5) is 47.9. The summed E-state index contributed by atoms with van der Waals surface area (Å²) in [5, 5.41) is 0. The lowest BCUT2D eigenvalue weighted by Crippen LogP contribution is -1.81. The number of hydrogen-bond donors (Lipinski definition) is 6. The molecule has 6 N–H and O–H groups in total. The molecule has 12 heteroatoms. The van der Waals surface area contributed by atoms with E-state index in [9.17, 15) is 0 Å². The molecule has 0 saturated heterocycles. The van der Waals surface area contributed by atoms with E-state index < -0.39 is 0 Å². The molecular weight excluding hydrogens is 1250 g/mol. The molecule has 0 aliphatic carbocycles. The first-order valence-electron chi connectivity index (χ1n) is 36.1. The van der Waals surface area contributed by atoms with Crippen LogP contribution in [0.1, 0.15) is 202 Å². The van der Waals surface area contributed by atoms with Crippen molar-refractivity contribution in [1.29, 1.82) is 0 Å². The Morgan fingerprint density at radius 1 is 0.186 bits per heavy atom. The molecule has 6 heterocycles. The topological polar surface area (TPSA) is 172 Å². The molecule has 9 aromatic carbocycles. The summed E-state index contributed by atoms with van der Waals surface area (Å²) < 4.78 is 0. The van der Waals surface area contributed by atoms with E-state index in [1.165, 1.54) is 16.7 Å². The van der Waals surface area contributed by atoms with E-state index in [4.69, 9.17) is 15.0 Å². The van der Waals surface area contributed by atoms with Gasteiger partial charge in [0.05, 0.1) is 66.2 Å². The van der Waals surface area contributed by atoms with Crippen LogP contribution in [0.4, 0.5) is 0 Å². The molecule has 0 bridgehead atoms. The molecule has 0 saturated carbocycles. The third kappa shape index (κ3) is 24.6. The summed E-state index contributed by atoms with van der Waals surface area (Å²) in [5.41, 5.74) is 26.2. The maximum Gasteiger partial charge on any atom is 0.138 e. The smallest absolute Gasteiger partial charge is 0.138 e. The maximum absolute atomic E-state index is 4.74. The molecule has 0 atom stereocenters. The molecule has 15 rings (SSSR count). The number of benzene rings is 9. The normalized spacial score (nSPS) is 9.35. The number of hydrogen-bond acceptors (Lipinski definition) is 6. The van der Waals surface area contributed by atoms with Gasteiger partial charge < -0.3 is 29.9 Å². The molecule has 0 aliphatic heterocycles. The molecule has 0 amide bonds. The second-order valence-corrected chi connectivity index (χ2v) is 20.2. The molecule has 6 aromatic heterocycles. The Morgan fingerprint density at radius 3 is 0.627 bits per heavy atom. The molecule has 0 fully saturated rings. The van der Waals surface area contributed by atoms with Crippen LogP contribution in [0.3, 0.4) is 0 Å². The summed E-state index contributed by atoms with van der Waals surface area (Å²) in [6.45, 7) is 52.2. The number of aromatic amines is 6. The van der Waals surface area contributed by atoms with Crippen LogP contribution in [0.2, 0.25) is 0 Å². The summed E-state index contributed by atoms with van der Waals surface area (Å²) in [6, 6.07) is 63.2. The Kier molecular flexibility index (Phi) is 45.4. The monoisotopic (exact) mass is 1380 g/mol. The molecule has 15 aromatic rings. The summed E-state index contributed by atoms with van der Waals surface area (Å²) >= 11 is 0. The Hall–Kier alpha value is -10.2. The van der Waals surface area contributed by atoms with Crippen LogP contribution < -0.4 is 0 Å². The van der Waals surface area contributed by atoms with Crippen LogP contribution in [0.15, 0.2) is 182 Å². The fourth-order valence-electron chi connectivity index (χ4n) is 10.1. The highest BCUT2D eigenvalue weighted by atomic mass is 14.9. The fourth-order valence-corrected chi connectivity index (χ4v) is 10.1. The van der Waals surface area contributed by atoms with Crippen LogP contribution in [-0.4, -0.2) is 59.8 Å². The standard InChI is InChI=1S/3C22H18N4.10C2H6.4CH4/c2*1-13-3-5-15(6-4-13)22-25-19-10-8-17(12-21(19)26-22)16-7-9-18-20(11-16)24-14(2)23-18;1-13-4-3-5-17(10-13)22-25-19-9-7-16(12-21(19)26-22)15-6-8-18-20(11-15)24-14(2)23-18;10*1-2;;;;/h3*3-12H,1-2H3,(H,23,24)(H,25,26);10*1-2H3;4*1H4. The van der Waals surface area contributed by atoms with E-state index >= 15 is 0 Å². The predicted octanol–water partition coefficient (Wildman–Crippen LogP) is 29.0. The van der Waals surface area contributed by atoms with E-state index in [-0.39, 0.29) is 29.7 Å². The summed E-state index contributed by atoms with van der Waals surface area (Å²) in [6.07, 6.45) is 0. The Bertz CT molecular complexity index is 4500. The van der Waals surface area contributed by atoms with Gasteiger partial charge >= 0.3 is 0 Å². The van der Waals surface area contributed by atoms with Crippen molar-refractivity contribution in [2.75, 3.05) is 0 Å². The van der Waals surface area contributed by atoms with Crippen molar-refractivity contribution in [2.45, 2.75) is 210 Å². The highest BCUT2D eigenvalue weighted by molar-refractivity contribution is 5.91. The lowest BCUT2D eigenvalue weighted by atomic mass is 10.0. The lowest BCUT2D eigenvalue weighted by Gasteiger charge is -2.01. The van der Waals surface area contributed by atoms with Crippen LogP contribution in [0.5, 0.6) is 0 Å². The van der Waals surface area contributed by atoms with Crippen molar-refractivity contribution in [3.05, 3.63) is 216 Å². The predicted molar refractivity (Wildman–Crippen MR) is 459 cm³/mol. The highest BCUT2D eigenvalue weighted by Crippen LogP contribution is 2.32. The van der Waals surface area contributed by atoms with Crippen molar-refractivity contribution in [3.8, 4) is 67.5 Å². The lowest BCUT2D eigenvalue weighted by molar-refractivity contribution is 1.17. The number of aromatic nitrogens is 12. The van der Waals surface area contributed by atoms with Crippen LogP contribution in [0.25, 0.3) is 134 Å². The van der Waals surface area contributed by atoms with Gasteiger partial charge in [-0.3, -0.25) is 0 Å². The minimum atomic E-state index is 0. The van der Waals surface area contributed by atoms with E-state index in [0.29, 0.717) is 0 Å². The third-order valence-corrected chi connectivity index (χ3v) is 14.2. The van der Waals surface area contributed by atoms with Crippen molar-refractivity contribution >= 4 is 66.2 Å². The minimum absolute atomic E-state index is 0. The summed E-state index contributed by atoms with van der Waals surface area (Å²) in [7, 11) is 0. The van der Waals surface area contributed by atoms with Gasteiger partial charge in [0.1, 0.15) is 34.9 Å². The van der Waals surface area contributed by atoms with E-state index in [0.717, 1.165) is 151 Å². The van der Waals surface area contributed by atoms with Crippen molar-refractivity contribution < 1.29 is 0 Å². The zero-order valence-electron chi connectivity index (χ0n) is 64.0. The average Bonchev–Trinajstić information content (AvgIpc) is 1.64. The van der Waals surface area contributed by atoms with Crippen molar-refractivity contribution in [3.63, 3.8) is 0 Å². The molecule has 0 unspecified atom stereocenters. The quantitative estimate of drug-likeness (QED) is 0.0967. The largest absolute Gasteiger partial charge is 0.342 e. The van der Waals surface area contributed by atoms with Gasteiger partial charge in [-0.15, -0.1) is 0 Å². The molecule has 0 spiro atoms. The van der Waals surface area contributed by atoms with Gasteiger partial charge in [-0.05, 0) is 154 Å². The molecule has 102 heavy (non-hydrogen) atoms. The fraction of sp³-hybridized carbons (Fsp3) is 0.333. The number of H-pyrrole nitrogens is 6. The minimum Gasteiger partial charge on any atom is -0.342 e. The maximum atomic E-state index is 4.74. The van der Waals surface area contributed by atoms with Gasteiger partial charge in [-0.1, -0.05) is 288 Å². The van der Waals surface area contributed by atoms with E-state index in [2.05, 4.69) is 248 Å². The van der Waals surface area contributed by atoms with Gasteiger partial charge in [-0.25, -0.2) is 29.9 Å². The van der Waals surface area contributed by atoms with Gasteiger partial charge in [0.25, 0.3) is 0 Å². The van der Waals surface area contributed by atoms with Gasteiger partial charge in [-0.2, -0.15) is 0 Å². The number of fused-ring (bicyclic) bond motifs is 6. The molecule has 0 aliphatic rings. The Labute approximate surface area is 616 Å². The summed E-state index contributed by atoms with van der Waals surface area (Å²) in [5.74, 6) is 5.51. The van der Waals surface area contributed by atoms with Gasteiger partial charge in [0.2, 0.25) is 0 Å². The number of nitrogens with one attached hydrogen (secondary N) is 6. The van der Waals surface area contributed by atoms with Crippen molar-refractivity contribution in [2.24, 2.45) is 0 Å². The van der Waals surface area contributed by atoms with Gasteiger partial charge in [0, 0.05) is 16.7 Å². The van der Waals surface area contributed by atoms with E-state index in [1.54, 1.807) is 0 Å². The number of nitrogens with zero attached hydrogens (tertiary/aromatic N) is 6. The zero-order valence-corrected chi connectivity index (χ0v) is 64.0. The molecule has 550 valence electrons. The zero-order chi connectivity index (χ0) is 73.0. The van der Waals surface area contributed by atoms with E-state index in [1.807, 2.05) is 159 Å². The second kappa shape index (κ2) is 49.4. The number of rotatable bonds is 6. The number of aryl methyl sites for hydroxylation is 6. The first-order valence-corrected chi connectivity index (χ1v) is 36.1. The average molecular weight is 1380 g/mol. The molecule has 12 nitrogen and oxygen atoms in total.